The average molecular weight is 97.1 g/mol. The molecule has 0 saturated carbocycles. The second-order valence-corrected chi connectivity index (χ2v) is 1.29. The van der Waals surface area contributed by atoms with Crippen molar-refractivity contribution in [3.05, 3.63) is 12.0 Å². The molecule has 0 amide bonds. The van der Waals surface area contributed by atoms with E-state index in [2.05, 4.69) is 10.3 Å². The number of rotatable bonds is 0. The van der Waals surface area contributed by atoms with Crippen LogP contribution in [-0.2, 0) is 0 Å². The van der Waals surface area contributed by atoms with E-state index in [1.165, 1.54) is 0 Å². The van der Waals surface area contributed by atoms with Crippen molar-refractivity contribution < 1.29 is 0 Å². The summed E-state index contributed by atoms with van der Waals surface area (Å²) in [6, 6.07) is 0. The molecule has 1 aliphatic heterocycles. The summed E-state index contributed by atoms with van der Waals surface area (Å²) in [4.78, 5) is 3.78. The van der Waals surface area contributed by atoms with E-state index in [1.54, 1.807) is 12.4 Å². The van der Waals surface area contributed by atoms with Crippen molar-refractivity contribution in [1.29, 1.82) is 0 Å². The summed E-state index contributed by atoms with van der Waals surface area (Å²) < 4.78 is 0. The van der Waals surface area contributed by atoms with Gasteiger partial charge in [0.15, 0.2) is 0 Å². The van der Waals surface area contributed by atoms with E-state index in [-0.39, 0.29) is 0 Å². The van der Waals surface area contributed by atoms with Crippen LogP contribution in [-0.4, -0.2) is 12.8 Å². The molecule has 0 fully saturated rings. The summed E-state index contributed by atoms with van der Waals surface area (Å²) in [6.45, 7) is 0.792. The highest BCUT2D eigenvalue weighted by Crippen LogP contribution is 1.83. The zero-order valence-corrected chi connectivity index (χ0v) is 3.89. The van der Waals surface area contributed by atoms with Crippen molar-refractivity contribution >= 4 is 6.21 Å². The molecular formula is C4H7N3. The Bertz CT molecular complexity index is 114. The fraction of sp³-hybridized carbons (Fsp3) is 0.250. The standard InChI is InChI=1S/C4H7N3/c5-4-3-6-1-2-7-4/h2-3,6H,1,5H2. The zero-order chi connectivity index (χ0) is 5.11. The van der Waals surface area contributed by atoms with Crippen molar-refractivity contribution in [2.75, 3.05) is 6.54 Å². The molecule has 0 saturated heterocycles. The Kier molecular flexibility index (Phi) is 0.978. The topological polar surface area (TPSA) is 50.4 Å². The first-order valence-corrected chi connectivity index (χ1v) is 2.11. The summed E-state index contributed by atoms with van der Waals surface area (Å²) in [5.74, 6) is 0.547. The fourth-order valence-electron chi connectivity index (χ4n) is 0.405. The molecule has 0 aromatic rings. The Balaban J connectivity index is 2.58. The second-order valence-electron chi connectivity index (χ2n) is 1.29. The van der Waals surface area contributed by atoms with Gasteiger partial charge >= 0.3 is 0 Å². The maximum absolute atomic E-state index is 5.24. The monoisotopic (exact) mass is 97.1 g/mol. The van der Waals surface area contributed by atoms with Crippen molar-refractivity contribution in [2.45, 2.75) is 0 Å². The summed E-state index contributed by atoms with van der Waals surface area (Å²) in [7, 11) is 0. The quantitative estimate of drug-likeness (QED) is 0.425. The molecule has 1 aliphatic rings. The van der Waals surface area contributed by atoms with E-state index >= 15 is 0 Å². The first-order chi connectivity index (χ1) is 3.39. The number of hydrogen-bond acceptors (Lipinski definition) is 3. The predicted molar refractivity (Wildman–Crippen MR) is 28.8 cm³/mol. The molecule has 38 valence electrons. The van der Waals surface area contributed by atoms with E-state index in [1.807, 2.05) is 0 Å². The Morgan fingerprint density at radius 2 is 2.71 bits per heavy atom. The minimum absolute atomic E-state index is 0.547. The molecule has 3 nitrogen and oxygen atoms in total. The van der Waals surface area contributed by atoms with Crippen LogP contribution in [0.25, 0.3) is 0 Å². The largest absolute Gasteiger partial charge is 0.383 e. The second kappa shape index (κ2) is 1.64. The maximum Gasteiger partial charge on any atom is 0.138 e. The van der Waals surface area contributed by atoms with Crippen molar-refractivity contribution in [1.82, 2.24) is 5.32 Å². The van der Waals surface area contributed by atoms with E-state index in [9.17, 15) is 0 Å². The van der Waals surface area contributed by atoms with Gasteiger partial charge in [-0.3, -0.25) is 0 Å². The highest BCUT2D eigenvalue weighted by Gasteiger charge is 1.85. The van der Waals surface area contributed by atoms with Crippen LogP contribution in [0.3, 0.4) is 0 Å². The molecule has 0 aromatic heterocycles. The Morgan fingerprint density at radius 1 is 1.86 bits per heavy atom. The van der Waals surface area contributed by atoms with Gasteiger partial charge in [0.2, 0.25) is 0 Å². The average Bonchev–Trinajstić information content (AvgIpc) is 1.69. The molecular weight excluding hydrogens is 90.1 g/mol. The van der Waals surface area contributed by atoms with Gasteiger partial charge in [-0.25, -0.2) is 4.99 Å². The van der Waals surface area contributed by atoms with Crippen LogP contribution < -0.4 is 11.1 Å². The van der Waals surface area contributed by atoms with Crippen LogP contribution in [0.2, 0.25) is 0 Å². The maximum atomic E-state index is 5.24. The van der Waals surface area contributed by atoms with Crippen LogP contribution >= 0.6 is 0 Å². The minimum atomic E-state index is 0.547. The number of nitrogens with two attached hydrogens (primary N) is 1. The van der Waals surface area contributed by atoms with Gasteiger partial charge < -0.3 is 11.1 Å². The zero-order valence-electron chi connectivity index (χ0n) is 3.89. The highest BCUT2D eigenvalue weighted by molar-refractivity contribution is 5.62. The van der Waals surface area contributed by atoms with E-state index in [0.29, 0.717) is 5.82 Å². The highest BCUT2D eigenvalue weighted by atomic mass is 15.0. The number of nitrogens with zero attached hydrogens (tertiary/aromatic N) is 1. The molecule has 1 heterocycles. The van der Waals surface area contributed by atoms with Crippen LogP contribution in [0.15, 0.2) is 17.0 Å². The van der Waals surface area contributed by atoms with Gasteiger partial charge in [0.1, 0.15) is 5.82 Å². The number of aliphatic imine (C=N–C) groups is 1. The molecule has 0 spiro atoms. The summed E-state index contributed by atoms with van der Waals surface area (Å²) in [6.07, 6.45) is 3.41. The molecule has 1 rings (SSSR count). The van der Waals surface area contributed by atoms with Gasteiger partial charge in [-0.1, -0.05) is 0 Å². The van der Waals surface area contributed by atoms with Crippen LogP contribution in [0.4, 0.5) is 0 Å². The normalized spacial score (nSPS) is 18.0. The predicted octanol–water partition coefficient (Wildman–Crippen LogP) is -0.582. The molecule has 0 atom stereocenters. The molecule has 0 unspecified atom stereocenters. The molecule has 0 aromatic carbocycles. The van der Waals surface area contributed by atoms with E-state index in [4.69, 9.17) is 5.73 Å². The summed E-state index contributed by atoms with van der Waals surface area (Å²) in [5.41, 5.74) is 5.24. The van der Waals surface area contributed by atoms with Crippen molar-refractivity contribution in [3.63, 3.8) is 0 Å². The SMILES string of the molecule is NC1=CNCC=N1. The first kappa shape index (κ1) is 4.18. The van der Waals surface area contributed by atoms with Gasteiger partial charge in [-0.2, -0.15) is 0 Å². The molecule has 3 N–H and O–H groups in total. The molecule has 0 aliphatic carbocycles. The minimum Gasteiger partial charge on any atom is -0.383 e. The number of nitrogens with one attached hydrogen (secondary N) is 1. The lowest BCUT2D eigenvalue weighted by molar-refractivity contribution is 0.964. The van der Waals surface area contributed by atoms with Gasteiger partial charge in [0, 0.05) is 19.0 Å². The third-order valence-corrected chi connectivity index (χ3v) is 0.699. The van der Waals surface area contributed by atoms with Gasteiger partial charge in [-0.05, 0) is 0 Å². The Hall–Kier alpha value is -0.990. The van der Waals surface area contributed by atoms with Crippen molar-refractivity contribution in [3.8, 4) is 0 Å². The van der Waals surface area contributed by atoms with Gasteiger partial charge in [0.25, 0.3) is 0 Å². The molecule has 7 heavy (non-hydrogen) atoms. The number of hydrogen-bond donors (Lipinski definition) is 2. The Morgan fingerprint density at radius 3 is 3.00 bits per heavy atom. The smallest absolute Gasteiger partial charge is 0.138 e. The van der Waals surface area contributed by atoms with Crippen LogP contribution in [0, 0.1) is 0 Å². The van der Waals surface area contributed by atoms with Gasteiger partial charge in [0.05, 0.1) is 0 Å². The molecule has 0 radical (unpaired) electrons. The van der Waals surface area contributed by atoms with E-state index in [0.717, 1.165) is 6.54 Å². The van der Waals surface area contributed by atoms with E-state index < -0.39 is 0 Å². The first-order valence-electron chi connectivity index (χ1n) is 2.11. The summed E-state index contributed by atoms with van der Waals surface area (Å²) in [5, 5.41) is 2.90. The Labute approximate surface area is 41.9 Å². The van der Waals surface area contributed by atoms with Crippen LogP contribution in [0.5, 0.6) is 0 Å². The fourth-order valence-corrected chi connectivity index (χ4v) is 0.405. The van der Waals surface area contributed by atoms with Gasteiger partial charge in [-0.15, -0.1) is 0 Å². The van der Waals surface area contributed by atoms with Crippen LogP contribution in [0.1, 0.15) is 0 Å². The lowest BCUT2D eigenvalue weighted by Crippen LogP contribution is -2.16. The molecule has 0 bridgehead atoms. The third kappa shape index (κ3) is 0.924. The lowest BCUT2D eigenvalue weighted by Gasteiger charge is -2.00. The lowest BCUT2D eigenvalue weighted by atomic mass is 10.6. The molecule has 3 heteroatoms. The summed E-state index contributed by atoms with van der Waals surface area (Å²) >= 11 is 0. The third-order valence-electron chi connectivity index (χ3n) is 0.699. The van der Waals surface area contributed by atoms with Crippen molar-refractivity contribution in [2.24, 2.45) is 10.7 Å².